The average Bonchev–Trinajstić information content (AvgIpc) is 2.73. The van der Waals surface area contributed by atoms with Crippen molar-refractivity contribution in [1.82, 2.24) is 5.32 Å². The third kappa shape index (κ3) is 8.38. The van der Waals surface area contributed by atoms with Gasteiger partial charge in [-0.05, 0) is 42.5 Å². The molecule has 0 spiro atoms. The van der Waals surface area contributed by atoms with E-state index in [0.717, 1.165) is 0 Å². The van der Waals surface area contributed by atoms with Gasteiger partial charge in [-0.1, -0.05) is 24.3 Å². The van der Waals surface area contributed by atoms with E-state index in [1.54, 1.807) is 36.4 Å². The molecular formula is C21H23N3O5S. The SMILES string of the molecule is COCCOC(=O)CCC(=O)NC(=S)Nc1cccc(C(=O)Nc2ccccc2)c1. The number of benzene rings is 2. The van der Waals surface area contributed by atoms with Crippen LogP contribution in [0.5, 0.6) is 0 Å². The molecule has 2 aromatic carbocycles. The van der Waals surface area contributed by atoms with E-state index < -0.39 is 11.9 Å². The van der Waals surface area contributed by atoms with Gasteiger partial charge in [0.1, 0.15) is 6.61 Å². The Kier molecular flexibility index (Phi) is 9.43. The van der Waals surface area contributed by atoms with Crippen LogP contribution in [0.3, 0.4) is 0 Å². The highest BCUT2D eigenvalue weighted by Crippen LogP contribution is 2.13. The van der Waals surface area contributed by atoms with Crippen LogP contribution >= 0.6 is 12.2 Å². The van der Waals surface area contributed by atoms with Crippen molar-refractivity contribution in [2.45, 2.75) is 12.8 Å². The first-order valence-corrected chi connectivity index (χ1v) is 9.60. The molecule has 2 amide bonds. The molecule has 2 rings (SSSR count). The van der Waals surface area contributed by atoms with Gasteiger partial charge in [0.2, 0.25) is 5.91 Å². The molecule has 158 valence electrons. The van der Waals surface area contributed by atoms with Crippen LogP contribution < -0.4 is 16.0 Å². The first-order valence-electron chi connectivity index (χ1n) is 9.20. The minimum absolute atomic E-state index is 0.0622. The summed E-state index contributed by atoms with van der Waals surface area (Å²) >= 11 is 5.12. The predicted molar refractivity (Wildman–Crippen MR) is 117 cm³/mol. The fourth-order valence-corrected chi connectivity index (χ4v) is 2.57. The van der Waals surface area contributed by atoms with E-state index in [1.165, 1.54) is 7.11 Å². The van der Waals surface area contributed by atoms with Gasteiger partial charge in [0.15, 0.2) is 5.11 Å². The Morgan fingerprint density at radius 3 is 2.37 bits per heavy atom. The monoisotopic (exact) mass is 429 g/mol. The van der Waals surface area contributed by atoms with Crippen LogP contribution in [0, 0.1) is 0 Å². The van der Waals surface area contributed by atoms with E-state index in [4.69, 9.17) is 21.7 Å². The second-order valence-corrected chi connectivity index (χ2v) is 6.52. The van der Waals surface area contributed by atoms with Crippen LogP contribution in [-0.4, -0.2) is 43.2 Å². The second-order valence-electron chi connectivity index (χ2n) is 6.12. The van der Waals surface area contributed by atoms with Crippen LogP contribution in [0.15, 0.2) is 54.6 Å². The number of nitrogens with one attached hydrogen (secondary N) is 3. The van der Waals surface area contributed by atoms with Crippen LogP contribution in [0.1, 0.15) is 23.2 Å². The summed E-state index contributed by atoms with van der Waals surface area (Å²) in [5.74, 6) is -1.18. The molecule has 0 fully saturated rings. The number of esters is 1. The van der Waals surface area contributed by atoms with Gasteiger partial charge < -0.3 is 25.4 Å². The van der Waals surface area contributed by atoms with Crippen molar-refractivity contribution >= 4 is 46.5 Å². The smallest absolute Gasteiger partial charge is 0.306 e. The maximum Gasteiger partial charge on any atom is 0.306 e. The largest absolute Gasteiger partial charge is 0.463 e. The number of rotatable bonds is 9. The van der Waals surface area contributed by atoms with Crippen molar-refractivity contribution in [3.8, 4) is 0 Å². The molecule has 30 heavy (non-hydrogen) atoms. The van der Waals surface area contributed by atoms with E-state index >= 15 is 0 Å². The number of thiocarbonyl (C=S) groups is 1. The van der Waals surface area contributed by atoms with Crippen molar-refractivity contribution in [3.05, 3.63) is 60.2 Å². The average molecular weight is 429 g/mol. The topological polar surface area (TPSA) is 106 Å². The lowest BCUT2D eigenvalue weighted by atomic mass is 10.2. The van der Waals surface area contributed by atoms with Crippen molar-refractivity contribution in [3.63, 3.8) is 0 Å². The molecule has 2 aromatic rings. The molecule has 3 N–H and O–H groups in total. The summed E-state index contributed by atoms with van der Waals surface area (Å²) in [6.45, 7) is 0.444. The third-order valence-electron chi connectivity index (χ3n) is 3.77. The number of para-hydroxylation sites is 1. The molecule has 0 atom stereocenters. The zero-order valence-corrected chi connectivity index (χ0v) is 17.3. The zero-order valence-electron chi connectivity index (χ0n) is 16.5. The number of ether oxygens (including phenoxy) is 2. The molecule has 0 aliphatic rings. The van der Waals surface area contributed by atoms with Crippen LogP contribution in [-0.2, 0) is 19.1 Å². The maximum atomic E-state index is 12.4. The normalized spacial score (nSPS) is 10.0. The van der Waals surface area contributed by atoms with Crippen molar-refractivity contribution in [1.29, 1.82) is 0 Å². The minimum Gasteiger partial charge on any atom is -0.463 e. The maximum absolute atomic E-state index is 12.4. The summed E-state index contributed by atoms with van der Waals surface area (Å²) in [6.07, 6.45) is -0.125. The van der Waals surface area contributed by atoms with Crippen LogP contribution in [0.2, 0.25) is 0 Å². The summed E-state index contributed by atoms with van der Waals surface area (Å²) in [7, 11) is 1.50. The minimum atomic E-state index is -0.488. The summed E-state index contributed by atoms with van der Waals surface area (Å²) in [5.41, 5.74) is 1.65. The van der Waals surface area contributed by atoms with Gasteiger partial charge in [-0.3, -0.25) is 14.4 Å². The first-order chi connectivity index (χ1) is 14.5. The molecule has 0 saturated heterocycles. The Balaban J connectivity index is 1.81. The van der Waals surface area contributed by atoms with Gasteiger partial charge in [-0.25, -0.2) is 0 Å². The van der Waals surface area contributed by atoms with E-state index in [2.05, 4.69) is 16.0 Å². The van der Waals surface area contributed by atoms with Crippen LogP contribution in [0.25, 0.3) is 0 Å². The Labute approximate surface area is 179 Å². The quantitative estimate of drug-likeness (QED) is 0.320. The molecule has 0 aliphatic carbocycles. The predicted octanol–water partition coefficient (Wildman–Crippen LogP) is 2.72. The Morgan fingerprint density at radius 1 is 0.900 bits per heavy atom. The highest BCUT2D eigenvalue weighted by Gasteiger charge is 2.11. The lowest BCUT2D eigenvalue weighted by molar-refractivity contribution is -0.146. The van der Waals surface area contributed by atoms with Crippen molar-refractivity contribution < 1.29 is 23.9 Å². The first kappa shape index (κ1) is 23.0. The Hall–Kier alpha value is -3.30. The third-order valence-corrected chi connectivity index (χ3v) is 3.98. The van der Waals surface area contributed by atoms with E-state index in [0.29, 0.717) is 23.5 Å². The van der Waals surface area contributed by atoms with Crippen LogP contribution in [0.4, 0.5) is 11.4 Å². The number of anilines is 2. The van der Waals surface area contributed by atoms with E-state index in [9.17, 15) is 14.4 Å². The highest BCUT2D eigenvalue weighted by molar-refractivity contribution is 7.80. The van der Waals surface area contributed by atoms with Crippen molar-refractivity contribution in [2.24, 2.45) is 0 Å². The fraction of sp³-hybridized carbons (Fsp3) is 0.238. The summed E-state index contributed by atoms with van der Waals surface area (Å²) in [4.78, 5) is 35.8. The summed E-state index contributed by atoms with van der Waals surface area (Å²) < 4.78 is 9.65. The highest BCUT2D eigenvalue weighted by atomic mass is 32.1. The standard InChI is InChI=1S/C21H23N3O5S/c1-28-12-13-29-19(26)11-10-18(25)24-21(30)23-17-9-5-6-15(14-17)20(27)22-16-7-3-2-4-8-16/h2-9,14H,10-13H2,1H3,(H,22,27)(H2,23,24,25,30). The number of carbonyl (C=O) groups is 3. The molecule has 0 aliphatic heterocycles. The molecule has 8 nitrogen and oxygen atoms in total. The molecule has 0 radical (unpaired) electrons. The van der Waals surface area contributed by atoms with Crippen molar-refractivity contribution in [2.75, 3.05) is 31.0 Å². The molecule has 0 heterocycles. The molecule has 9 heteroatoms. The van der Waals surface area contributed by atoms with Gasteiger partial charge in [0.05, 0.1) is 13.0 Å². The van der Waals surface area contributed by atoms with E-state index in [1.807, 2.05) is 18.2 Å². The van der Waals surface area contributed by atoms with E-state index in [-0.39, 0.29) is 30.5 Å². The van der Waals surface area contributed by atoms with Gasteiger partial charge in [0.25, 0.3) is 5.91 Å². The van der Waals surface area contributed by atoms with Gasteiger partial charge >= 0.3 is 5.97 Å². The molecule has 0 aromatic heterocycles. The fourth-order valence-electron chi connectivity index (χ4n) is 2.34. The van der Waals surface area contributed by atoms with Gasteiger partial charge in [-0.15, -0.1) is 0 Å². The molecule has 0 bridgehead atoms. The number of hydrogen-bond acceptors (Lipinski definition) is 6. The van der Waals surface area contributed by atoms with Gasteiger partial charge in [-0.2, -0.15) is 0 Å². The lowest BCUT2D eigenvalue weighted by Gasteiger charge is -2.11. The molecule has 0 unspecified atom stereocenters. The number of methoxy groups -OCH3 is 1. The molecule has 0 saturated carbocycles. The number of carbonyl (C=O) groups excluding carboxylic acids is 3. The molecular weight excluding hydrogens is 406 g/mol. The Morgan fingerprint density at radius 2 is 1.63 bits per heavy atom. The zero-order chi connectivity index (χ0) is 21.8. The number of hydrogen-bond donors (Lipinski definition) is 3. The lowest BCUT2D eigenvalue weighted by Crippen LogP contribution is -2.34. The Bertz CT molecular complexity index is 889. The summed E-state index contributed by atoms with van der Waals surface area (Å²) in [5, 5.41) is 8.20. The van der Waals surface area contributed by atoms with Gasteiger partial charge in [0, 0.05) is 30.5 Å². The number of amides is 2. The summed E-state index contributed by atoms with van der Waals surface area (Å²) in [6, 6.07) is 15.8. The second kappa shape index (κ2) is 12.3.